The van der Waals surface area contributed by atoms with E-state index in [0.717, 1.165) is 66.6 Å². The lowest BCUT2D eigenvalue weighted by Gasteiger charge is -2.25. The van der Waals surface area contributed by atoms with E-state index < -0.39 is 0 Å². The normalized spacial score (nSPS) is 17.5. The maximum Gasteiger partial charge on any atom is 0.145 e. The maximum absolute atomic E-state index is 5.26. The van der Waals surface area contributed by atoms with Crippen LogP contribution in [0.2, 0.25) is 0 Å². The Labute approximate surface area is 293 Å². The molecule has 0 saturated heterocycles. The van der Waals surface area contributed by atoms with Crippen LogP contribution in [0.1, 0.15) is 75.9 Å². The van der Waals surface area contributed by atoms with Gasteiger partial charge in [0.15, 0.2) is 0 Å². The SMILES string of the molecule is C1=Cc2c(c3c(n2-c2ccc(C4=CC(c5ccc(-n6c7c(c8ccccc86)C=CCC7)cc5)=NC(c5ccccc5)N4)cc2)C=CCC3)CC1. The Hall–Kier alpha value is -5.87. The van der Waals surface area contributed by atoms with Crippen LogP contribution in [0.5, 0.6) is 0 Å². The van der Waals surface area contributed by atoms with E-state index in [1.54, 1.807) is 0 Å². The van der Waals surface area contributed by atoms with Crippen LogP contribution in [0, 0.1) is 0 Å². The molecule has 10 rings (SSSR count). The van der Waals surface area contributed by atoms with E-state index in [1.807, 2.05) is 0 Å². The average molecular weight is 647 g/mol. The number of hydrogen-bond donors (Lipinski definition) is 1. The first-order valence-corrected chi connectivity index (χ1v) is 18.0. The minimum absolute atomic E-state index is 0.184. The molecule has 0 amide bonds. The van der Waals surface area contributed by atoms with Crippen molar-refractivity contribution in [3.8, 4) is 11.4 Å². The van der Waals surface area contributed by atoms with Crippen LogP contribution < -0.4 is 5.32 Å². The predicted octanol–water partition coefficient (Wildman–Crippen LogP) is 10.4. The summed E-state index contributed by atoms with van der Waals surface area (Å²) in [6.07, 6.45) is 22.6. The van der Waals surface area contributed by atoms with Gasteiger partial charge < -0.3 is 14.5 Å². The first kappa shape index (κ1) is 29.1. The summed E-state index contributed by atoms with van der Waals surface area (Å²) in [6.45, 7) is 0. The summed E-state index contributed by atoms with van der Waals surface area (Å²) < 4.78 is 4.91. The number of rotatable bonds is 5. The fraction of sp³-hybridized carbons (Fsp3) is 0.152. The highest BCUT2D eigenvalue weighted by atomic mass is 15.1. The number of aromatic nitrogens is 2. The number of hydrogen-bond acceptors (Lipinski definition) is 2. The number of nitrogens with zero attached hydrogens (tertiary/aromatic N) is 3. The van der Waals surface area contributed by atoms with Crippen LogP contribution in [-0.2, 0) is 19.3 Å². The highest BCUT2D eigenvalue weighted by molar-refractivity contribution is 6.13. The van der Waals surface area contributed by atoms with Crippen LogP contribution >= 0.6 is 0 Å². The van der Waals surface area contributed by atoms with Crippen molar-refractivity contribution in [3.05, 3.63) is 178 Å². The van der Waals surface area contributed by atoms with Crippen molar-refractivity contribution >= 4 is 40.5 Å². The first-order valence-electron chi connectivity index (χ1n) is 18.0. The number of para-hydroxylation sites is 1. The van der Waals surface area contributed by atoms with Gasteiger partial charge in [0.25, 0.3) is 0 Å². The van der Waals surface area contributed by atoms with E-state index >= 15 is 0 Å². The maximum atomic E-state index is 5.26. The van der Waals surface area contributed by atoms with Gasteiger partial charge in [0, 0.05) is 45.1 Å². The average Bonchev–Trinajstić information content (AvgIpc) is 3.71. The fourth-order valence-corrected chi connectivity index (χ4v) is 8.43. The van der Waals surface area contributed by atoms with E-state index in [4.69, 9.17) is 4.99 Å². The Bertz CT molecular complexity index is 2390. The molecule has 50 heavy (non-hydrogen) atoms. The minimum Gasteiger partial charge on any atom is -0.360 e. The Morgan fingerprint density at radius 2 is 1.20 bits per heavy atom. The molecule has 4 aromatic carbocycles. The molecule has 3 heterocycles. The van der Waals surface area contributed by atoms with E-state index in [2.05, 4.69) is 160 Å². The van der Waals surface area contributed by atoms with Crippen LogP contribution in [-0.4, -0.2) is 14.8 Å². The van der Waals surface area contributed by atoms with Crippen molar-refractivity contribution in [3.63, 3.8) is 0 Å². The molecule has 4 nitrogen and oxygen atoms in total. The molecular weight excluding hydrogens is 609 g/mol. The van der Waals surface area contributed by atoms with Gasteiger partial charge in [-0.25, -0.2) is 0 Å². The summed E-state index contributed by atoms with van der Waals surface area (Å²) in [5.74, 6) is 0. The Morgan fingerprint density at radius 3 is 1.94 bits per heavy atom. The van der Waals surface area contributed by atoms with Crippen molar-refractivity contribution in [2.24, 2.45) is 4.99 Å². The Balaban J connectivity index is 1.02. The molecule has 242 valence electrons. The number of benzene rings is 4. The second kappa shape index (κ2) is 11.9. The molecule has 0 radical (unpaired) electrons. The van der Waals surface area contributed by atoms with Gasteiger partial charge in [-0.3, -0.25) is 4.99 Å². The second-order valence-electron chi connectivity index (χ2n) is 13.7. The molecule has 6 aromatic rings. The lowest BCUT2D eigenvalue weighted by Crippen LogP contribution is -2.24. The molecule has 4 heteroatoms. The van der Waals surface area contributed by atoms with Crippen LogP contribution in [0.4, 0.5) is 0 Å². The third kappa shape index (κ3) is 4.78. The van der Waals surface area contributed by atoms with Crippen LogP contribution in [0.25, 0.3) is 46.2 Å². The molecule has 1 N–H and O–H groups in total. The lowest BCUT2D eigenvalue weighted by atomic mass is 9.94. The van der Waals surface area contributed by atoms with Gasteiger partial charge in [-0.15, -0.1) is 0 Å². The first-order chi connectivity index (χ1) is 24.8. The van der Waals surface area contributed by atoms with Gasteiger partial charge in [-0.2, -0.15) is 0 Å². The minimum atomic E-state index is -0.184. The molecule has 3 aliphatic carbocycles. The van der Waals surface area contributed by atoms with Gasteiger partial charge in [-0.05, 0) is 115 Å². The molecule has 0 saturated carbocycles. The zero-order valence-electron chi connectivity index (χ0n) is 28.0. The summed E-state index contributed by atoms with van der Waals surface area (Å²) in [5, 5.41) is 5.08. The Kier molecular flexibility index (Phi) is 6.93. The molecule has 1 unspecified atom stereocenters. The molecule has 1 atom stereocenters. The van der Waals surface area contributed by atoms with Gasteiger partial charge in [0.2, 0.25) is 0 Å². The van der Waals surface area contributed by atoms with E-state index in [1.165, 1.54) is 56.0 Å². The molecule has 4 aliphatic rings. The molecule has 1 aliphatic heterocycles. The highest BCUT2D eigenvalue weighted by Gasteiger charge is 2.25. The standard InChI is InChI=1S/C46H38N4/c1-2-12-33(13-3-1)46-47-40(31-22-26-34(27-23-31)49-42-18-8-4-14-36(42)37-15-5-9-19-43(37)49)30-41(48-46)32-24-28-35(29-25-32)50-44-20-10-6-16-38(44)39-17-7-11-21-45(39)50/h1-5,8,10-15,18,20-30,46,48H,6-7,9,16-17,19H2. The third-order valence-electron chi connectivity index (χ3n) is 10.8. The van der Waals surface area contributed by atoms with Crippen molar-refractivity contribution in [2.75, 3.05) is 0 Å². The fourth-order valence-electron chi connectivity index (χ4n) is 8.43. The number of aliphatic imine (C=N–C) groups is 1. The monoisotopic (exact) mass is 646 g/mol. The molecule has 0 fully saturated rings. The summed E-state index contributed by atoms with van der Waals surface area (Å²) in [7, 11) is 0. The van der Waals surface area contributed by atoms with Crippen LogP contribution in [0.15, 0.2) is 132 Å². The number of fused-ring (bicyclic) bond motifs is 6. The van der Waals surface area contributed by atoms with E-state index in [0.29, 0.717) is 0 Å². The predicted molar refractivity (Wildman–Crippen MR) is 208 cm³/mol. The highest BCUT2D eigenvalue weighted by Crippen LogP contribution is 2.37. The van der Waals surface area contributed by atoms with Gasteiger partial charge in [0.05, 0.1) is 11.2 Å². The third-order valence-corrected chi connectivity index (χ3v) is 10.8. The van der Waals surface area contributed by atoms with E-state index in [9.17, 15) is 0 Å². The van der Waals surface area contributed by atoms with Crippen molar-refractivity contribution in [1.29, 1.82) is 0 Å². The topological polar surface area (TPSA) is 34.2 Å². The van der Waals surface area contributed by atoms with Crippen molar-refractivity contribution in [1.82, 2.24) is 14.5 Å². The van der Waals surface area contributed by atoms with E-state index in [-0.39, 0.29) is 6.17 Å². The molecule has 0 bridgehead atoms. The number of nitrogens with one attached hydrogen (secondary N) is 1. The molecule has 2 aromatic heterocycles. The summed E-state index contributed by atoms with van der Waals surface area (Å²) in [6, 6.07) is 37.4. The van der Waals surface area contributed by atoms with Gasteiger partial charge in [0.1, 0.15) is 6.17 Å². The lowest BCUT2D eigenvalue weighted by molar-refractivity contribution is 0.664. The summed E-state index contributed by atoms with van der Waals surface area (Å²) in [4.78, 5) is 5.26. The summed E-state index contributed by atoms with van der Waals surface area (Å²) >= 11 is 0. The zero-order chi connectivity index (χ0) is 33.0. The zero-order valence-corrected chi connectivity index (χ0v) is 28.0. The largest absolute Gasteiger partial charge is 0.360 e. The van der Waals surface area contributed by atoms with Crippen molar-refractivity contribution in [2.45, 2.75) is 44.7 Å². The quantitative estimate of drug-likeness (QED) is 0.199. The Morgan fingerprint density at radius 1 is 0.580 bits per heavy atom. The van der Waals surface area contributed by atoms with Crippen molar-refractivity contribution < 1.29 is 0 Å². The second-order valence-corrected chi connectivity index (χ2v) is 13.7. The van der Waals surface area contributed by atoms with Gasteiger partial charge in [-0.1, -0.05) is 97.1 Å². The molecular formula is C46H38N4. The smallest absolute Gasteiger partial charge is 0.145 e. The van der Waals surface area contributed by atoms with Crippen LogP contribution in [0.3, 0.4) is 0 Å². The molecule has 0 spiro atoms. The van der Waals surface area contributed by atoms with Gasteiger partial charge >= 0.3 is 0 Å². The number of allylic oxidation sites excluding steroid dienone is 4. The summed E-state index contributed by atoms with van der Waals surface area (Å²) in [5.41, 5.74) is 17.6.